The molecule has 140 valence electrons. The third-order valence-electron chi connectivity index (χ3n) is 5.86. The van der Waals surface area contributed by atoms with E-state index in [1.807, 2.05) is 0 Å². The molecule has 2 aliphatic heterocycles. The van der Waals surface area contributed by atoms with Gasteiger partial charge in [-0.15, -0.1) is 23.1 Å². The fourth-order valence-corrected chi connectivity index (χ4v) is 6.17. The highest BCUT2D eigenvalue weighted by Gasteiger charge is 2.31. The molecule has 0 unspecified atom stereocenters. The first-order valence-electron chi connectivity index (χ1n) is 9.45. The first-order valence-corrected chi connectivity index (χ1v) is 11.3. The van der Waals surface area contributed by atoms with Crippen molar-refractivity contribution in [2.75, 3.05) is 31.9 Å². The summed E-state index contributed by atoms with van der Waals surface area (Å²) in [4.78, 5) is 26.0. The van der Waals surface area contributed by atoms with Crippen molar-refractivity contribution in [2.45, 2.75) is 38.1 Å². The molecule has 2 saturated heterocycles. The highest BCUT2D eigenvalue weighted by Crippen LogP contribution is 2.34. The van der Waals surface area contributed by atoms with Crippen LogP contribution in [0.3, 0.4) is 0 Å². The number of amides is 1. The molecule has 4 heterocycles. The van der Waals surface area contributed by atoms with Gasteiger partial charge in [-0.1, -0.05) is 0 Å². The summed E-state index contributed by atoms with van der Waals surface area (Å²) < 4.78 is 0. The maximum atomic E-state index is 12.7. The SMILES string of the molecule is Cc1sc2ncnc(SCCC(=O)N3CC[C@@H]4CNC[C@@H]4CC3)c2c1C. The van der Waals surface area contributed by atoms with Crippen LogP contribution >= 0.6 is 23.1 Å². The second-order valence-electron chi connectivity index (χ2n) is 7.38. The highest BCUT2D eigenvalue weighted by atomic mass is 32.2. The number of hydrogen-bond donors (Lipinski definition) is 1. The van der Waals surface area contributed by atoms with Crippen molar-refractivity contribution in [1.29, 1.82) is 0 Å². The minimum Gasteiger partial charge on any atom is -0.343 e. The normalized spacial score (nSPS) is 23.2. The molecule has 26 heavy (non-hydrogen) atoms. The molecule has 0 spiro atoms. The molecule has 0 bridgehead atoms. The quantitative estimate of drug-likeness (QED) is 0.641. The largest absolute Gasteiger partial charge is 0.343 e. The molecular formula is C19H26N4OS2. The van der Waals surface area contributed by atoms with Crippen molar-refractivity contribution >= 4 is 39.2 Å². The van der Waals surface area contributed by atoms with Crippen LogP contribution in [0, 0.1) is 25.7 Å². The Bertz CT molecular complexity index is 792. The van der Waals surface area contributed by atoms with Crippen LogP contribution in [0.15, 0.2) is 11.4 Å². The van der Waals surface area contributed by atoms with Crippen LogP contribution in [0.25, 0.3) is 10.2 Å². The molecule has 2 atom stereocenters. The minimum absolute atomic E-state index is 0.300. The van der Waals surface area contributed by atoms with Gasteiger partial charge in [0.2, 0.25) is 5.91 Å². The smallest absolute Gasteiger partial charge is 0.223 e. The van der Waals surface area contributed by atoms with E-state index in [1.165, 1.54) is 15.8 Å². The Balaban J connectivity index is 1.34. The van der Waals surface area contributed by atoms with Gasteiger partial charge in [-0.25, -0.2) is 9.97 Å². The van der Waals surface area contributed by atoms with Gasteiger partial charge in [0.05, 0.1) is 0 Å². The summed E-state index contributed by atoms with van der Waals surface area (Å²) in [5.41, 5.74) is 1.27. The molecule has 0 saturated carbocycles. The Morgan fingerprint density at radius 2 is 2.00 bits per heavy atom. The second kappa shape index (κ2) is 7.82. The first kappa shape index (κ1) is 18.2. The van der Waals surface area contributed by atoms with Crippen molar-refractivity contribution in [3.8, 4) is 0 Å². The number of carbonyl (C=O) groups excluding carboxylic acids is 1. The van der Waals surface area contributed by atoms with E-state index in [4.69, 9.17) is 0 Å². The van der Waals surface area contributed by atoms with Gasteiger partial charge in [-0.2, -0.15) is 0 Å². The van der Waals surface area contributed by atoms with E-state index in [-0.39, 0.29) is 0 Å². The highest BCUT2D eigenvalue weighted by molar-refractivity contribution is 7.99. The molecule has 5 nitrogen and oxygen atoms in total. The number of thiophene rings is 1. The standard InChI is InChI=1S/C19H26N4OS2/c1-12-13(2)26-19-17(12)18(21-11-22-19)25-8-5-16(24)23-6-3-14-9-20-10-15(14)4-7-23/h11,14-15,20H,3-10H2,1-2H3/t14-,15+. The predicted molar refractivity (Wildman–Crippen MR) is 108 cm³/mol. The van der Waals surface area contributed by atoms with Crippen molar-refractivity contribution in [2.24, 2.45) is 11.8 Å². The Morgan fingerprint density at radius 1 is 1.27 bits per heavy atom. The Labute approximate surface area is 163 Å². The Kier molecular flexibility index (Phi) is 5.47. The lowest BCUT2D eigenvalue weighted by atomic mass is 9.92. The van der Waals surface area contributed by atoms with Crippen LogP contribution in [0.5, 0.6) is 0 Å². The average molecular weight is 391 g/mol. The first-order chi connectivity index (χ1) is 12.6. The fourth-order valence-electron chi connectivity index (χ4n) is 4.12. The monoisotopic (exact) mass is 390 g/mol. The summed E-state index contributed by atoms with van der Waals surface area (Å²) in [6.45, 7) is 8.37. The van der Waals surface area contributed by atoms with Crippen LogP contribution in [0.2, 0.25) is 0 Å². The number of fused-ring (bicyclic) bond motifs is 2. The van der Waals surface area contributed by atoms with E-state index in [0.29, 0.717) is 12.3 Å². The maximum absolute atomic E-state index is 12.7. The van der Waals surface area contributed by atoms with E-state index < -0.39 is 0 Å². The van der Waals surface area contributed by atoms with Crippen molar-refractivity contribution in [3.05, 3.63) is 16.8 Å². The molecule has 2 aromatic rings. The van der Waals surface area contributed by atoms with Crippen molar-refractivity contribution < 1.29 is 4.79 Å². The third kappa shape index (κ3) is 3.62. The summed E-state index contributed by atoms with van der Waals surface area (Å²) in [5, 5.41) is 5.68. The average Bonchev–Trinajstić information content (AvgIpc) is 3.13. The summed E-state index contributed by atoms with van der Waals surface area (Å²) >= 11 is 3.41. The number of rotatable bonds is 4. The van der Waals surface area contributed by atoms with Crippen LogP contribution in [0.1, 0.15) is 29.7 Å². The van der Waals surface area contributed by atoms with Crippen LogP contribution < -0.4 is 5.32 Å². The topological polar surface area (TPSA) is 58.1 Å². The fraction of sp³-hybridized carbons (Fsp3) is 0.632. The van der Waals surface area contributed by atoms with Crippen LogP contribution in [0.4, 0.5) is 0 Å². The molecule has 0 aliphatic carbocycles. The van der Waals surface area contributed by atoms with Crippen LogP contribution in [-0.4, -0.2) is 52.7 Å². The second-order valence-corrected chi connectivity index (χ2v) is 9.66. The number of nitrogens with zero attached hydrogens (tertiary/aromatic N) is 3. The van der Waals surface area contributed by atoms with Gasteiger partial charge >= 0.3 is 0 Å². The molecule has 0 radical (unpaired) electrons. The molecule has 1 N–H and O–H groups in total. The zero-order valence-electron chi connectivity index (χ0n) is 15.5. The lowest BCUT2D eigenvalue weighted by molar-refractivity contribution is -0.130. The Hall–Kier alpha value is -1.18. The van der Waals surface area contributed by atoms with Crippen molar-refractivity contribution in [3.63, 3.8) is 0 Å². The van der Waals surface area contributed by atoms with E-state index in [9.17, 15) is 4.79 Å². The van der Waals surface area contributed by atoms with E-state index in [0.717, 1.165) is 66.5 Å². The number of thioether (sulfide) groups is 1. The Morgan fingerprint density at radius 3 is 2.73 bits per heavy atom. The van der Waals surface area contributed by atoms with Gasteiger partial charge in [0.1, 0.15) is 16.2 Å². The number of carbonyl (C=O) groups is 1. The summed E-state index contributed by atoms with van der Waals surface area (Å²) in [5.74, 6) is 2.61. The molecule has 2 fully saturated rings. The molecule has 4 rings (SSSR count). The molecule has 7 heteroatoms. The number of hydrogen-bond acceptors (Lipinski definition) is 6. The molecule has 2 aliphatic rings. The molecule has 1 amide bonds. The molecule has 2 aromatic heterocycles. The number of aryl methyl sites for hydroxylation is 2. The predicted octanol–water partition coefficient (Wildman–Crippen LogP) is 3.25. The zero-order valence-corrected chi connectivity index (χ0v) is 17.1. The number of aromatic nitrogens is 2. The van der Waals surface area contributed by atoms with E-state index in [2.05, 4.69) is 34.0 Å². The third-order valence-corrected chi connectivity index (χ3v) is 7.96. The summed E-state index contributed by atoms with van der Waals surface area (Å²) in [6, 6.07) is 0. The summed E-state index contributed by atoms with van der Waals surface area (Å²) in [6.07, 6.45) is 4.53. The van der Waals surface area contributed by atoms with E-state index >= 15 is 0 Å². The van der Waals surface area contributed by atoms with Gasteiger partial charge in [0.15, 0.2) is 0 Å². The maximum Gasteiger partial charge on any atom is 0.223 e. The van der Waals surface area contributed by atoms with Gasteiger partial charge in [-0.05, 0) is 57.2 Å². The van der Waals surface area contributed by atoms with Crippen LogP contribution in [-0.2, 0) is 4.79 Å². The van der Waals surface area contributed by atoms with Gasteiger partial charge in [-0.3, -0.25) is 4.79 Å². The lowest BCUT2D eigenvalue weighted by Crippen LogP contribution is -2.32. The minimum atomic E-state index is 0.300. The lowest BCUT2D eigenvalue weighted by Gasteiger charge is -2.20. The van der Waals surface area contributed by atoms with Gasteiger partial charge in [0.25, 0.3) is 0 Å². The number of nitrogens with one attached hydrogen (secondary N) is 1. The number of likely N-dealkylation sites (tertiary alicyclic amines) is 1. The zero-order chi connectivity index (χ0) is 18.1. The van der Waals surface area contributed by atoms with Gasteiger partial charge in [0, 0.05) is 35.5 Å². The van der Waals surface area contributed by atoms with Crippen molar-refractivity contribution in [1.82, 2.24) is 20.2 Å². The molecular weight excluding hydrogens is 364 g/mol. The van der Waals surface area contributed by atoms with E-state index in [1.54, 1.807) is 29.4 Å². The summed E-state index contributed by atoms with van der Waals surface area (Å²) in [7, 11) is 0. The molecule has 0 aromatic carbocycles. The van der Waals surface area contributed by atoms with Gasteiger partial charge < -0.3 is 10.2 Å².